The molecule has 6 atom stereocenters. The minimum Gasteiger partial charge on any atom is -0.465 e. The van der Waals surface area contributed by atoms with E-state index in [-0.39, 0.29) is 6.29 Å². The summed E-state index contributed by atoms with van der Waals surface area (Å²) >= 11 is 0. The van der Waals surface area contributed by atoms with Gasteiger partial charge in [-0.1, -0.05) is 25.5 Å². The number of hydrogen-bond donors (Lipinski definition) is 0. The Hall–Kier alpha value is -1.02. The van der Waals surface area contributed by atoms with Crippen LogP contribution >= 0.6 is 0 Å². The Morgan fingerprint density at radius 1 is 1.05 bits per heavy atom. The van der Waals surface area contributed by atoms with Gasteiger partial charge in [-0.15, -0.1) is 0 Å². The van der Waals surface area contributed by atoms with Gasteiger partial charge in [0.2, 0.25) is 0 Å². The molecule has 0 radical (unpaired) electrons. The smallest absolute Gasteiger partial charge is 0.197 e. The van der Waals surface area contributed by atoms with Crippen molar-refractivity contribution < 1.29 is 9.47 Å². The van der Waals surface area contributed by atoms with Crippen LogP contribution < -0.4 is 4.74 Å². The van der Waals surface area contributed by atoms with E-state index < -0.39 is 0 Å². The van der Waals surface area contributed by atoms with Gasteiger partial charge >= 0.3 is 0 Å². The summed E-state index contributed by atoms with van der Waals surface area (Å²) in [5.41, 5.74) is 1.35. The van der Waals surface area contributed by atoms with Crippen molar-refractivity contribution in [1.82, 2.24) is 0 Å². The zero-order valence-corrected chi connectivity index (χ0v) is 13.8. The zero-order chi connectivity index (χ0) is 15.1. The lowest BCUT2D eigenvalue weighted by Gasteiger charge is -2.33. The maximum absolute atomic E-state index is 6.29. The fraction of sp³-hybridized carbons (Fsp3) is 0.700. The second kappa shape index (κ2) is 5.88. The number of ether oxygens (including phenoxy) is 2. The standard InChI is InChI=1S/C20H28O2/c1-3-14-7-9-16(10-8-14)21-13(2)22-20-12-15-11-19(20)18-6-4-5-17(15)18/h7-10,13,15,17-20H,3-6,11-12H2,1-2H3. The van der Waals surface area contributed by atoms with E-state index in [0.29, 0.717) is 6.10 Å². The molecular formula is C20H28O2. The third kappa shape index (κ3) is 2.56. The van der Waals surface area contributed by atoms with E-state index in [2.05, 4.69) is 31.2 Å². The molecule has 3 fully saturated rings. The van der Waals surface area contributed by atoms with E-state index in [0.717, 1.165) is 35.8 Å². The fourth-order valence-corrected chi connectivity index (χ4v) is 5.43. The monoisotopic (exact) mass is 300 g/mol. The van der Waals surface area contributed by atoms with Crippen molar-refractivity contribution in [2.75, 3.05) is 0 Å². The SMILES string of the molecule is CCc1ccc(OC(C)OC2CC3CC2C2CCCC32)cc1. The van der Waals surface area contributed by atoms with Gasteiger partial charge in [0.15, 0.2) is 6.29 Å². The van der Waals surface area contributed by atoms with Gasteiger partial charge in [0.05, 0.1) is 6.10 Å². The topological polar surface area (TPSA) is 18.5 Å². The number of benzene rings is 1. The van der Waals surface area contributed by atoms with Crippen molar-refractivity contribution in [2.24, 2.45) is 23.7 Å². The van der Waals surface area contributed by atoms with Crippen LogP contribution in [-0.4, -0.2) is 12.4 Å². The first-order valence-electron chi connectivity index (χ1n) is 9.15. The second-order valence-corrected chi connectivity index (χ2v) is 7.51. The summed E-state index contributed by atoms with van der Waals surface area (Å²) in [6.07, 6.45) is 8.43. The molecule has 1 aromatic carbocycles. The molecule has 2 nitrogen and oxygen atoms in total. The Morgan fingerprint density at radius 3 is 2.59 bits per heavy atom. The van der Waals surface area contributed by atoms with Gasteiger partial charge in [0.1, 0.15) is 5.75 Å². The highest BCUT2D eigenvalue weighted by Gasteiger charge is 2.54. The molecule has 0 spiro atoms. The van der Waals surface area contributed by atoms with Crippen molar-refractivity contribution >= 4 is 0 Å². The maximum Gasteiger partial charge on any atom is 0.197 e. The minimum absolute atomic E-state index is 0.142. The maximum atomic E-state index is 6.29. The van der Waals surface area contributed by atoms with Gasteiger partial charge in [0.25, 0.3) is 0 Å². The molecule has 4 rings (SSSR count). The van der Waals surface area contributed by atoms with Crippen molar-refractivity contribution in [3.05, 3.63) is 29.8 Å². The molecule has 0 saturated heterocycles. The molecule has 0 amide bonds. The molecule has 2 heteroatoms. The lowest BCUT2D eigenvalue weighted by atomic mass is 9.80. The second-order valence-electron chi connectivity index (χ2n) is 7.51. The van der Waals surface area contributed by atoms with Gasteiger partial charge in [0, 0.05) is 0 Å². The molecule has 1 aromatic rings. The van der Waals surface area contributed by atoms with E-state index in [1.54, 1.807) is 0 Å². The van der Waals surface area contributed by atoms with Gasteiger partial charge in [-0.2, -0.15) is 0 Å². The van der Waals surface area contributed by atoms with Crippen LogP contribution in [0.2, 0.25) is 0 Å². The average Bonchev–Trinajstić information content (AvgIpc) is 3.20. The Kier molecular flexibility index (Phi) is 3.89. The summed E-state index contributed by atoms with van der Waals surface area (Å²) in [7, 11) is 0. The quantitative estimate of drug-likeness (QED) is 0.726. The third-order valence-corrected chi connectivity index (χ3v) is 6.37. The third-order valence-electron chi connectivity index (χ3n) is 6.37. The molecule has 0 aromatic heterocycles. The van der Waals surface area contributed by atoms with Gasteiger partial charge in [-0.25, -0.2) is 0 Å². The number of fused-ring (bicyclic) bond motifs is 5. The Morgan fingerprint density at radius 2 is 1.82 bits per heavy atom. The van der Waals surface area contributed by atoms with E-state index in [9.17, 15) is 0 Å². The van der Waals surface area contributed by atoms with Crippen molar-refractivity contribution in [1.29, 1.82) is 0 Å². The Labute approximate surface area is 134 Å². The van der Waals surface area contributed by atoms with E-state index in [1.165, 1.54) is 37.7 Å². The molecule has 3 aliphatic rings. The van der Waals surface area contributed by atoms with Gasteiger partial charge < -0.3 is 9.47 Å². The normalized spacial score (nSPS) is 37.3. The van der Waals surface area contributed by atoms with Crippen LogP contribution in [0.1, 0.15) is 51.5 Å². The zero-order valence-electron chi connectivity index (χ0n) is 13.8. The lowest BCUT2D eigenvalue weighted by molar-refractivity contribution is -0.132. The van der Waals surface area contributed by atoms with Gasteiger partial charge in [-0.05, 0) is 80.4 Å². The summed E-state index contributed by atoms with van der Waals surface area (Å²) < 4.78 is 12.3. The summed E-state index contributed by atoms with van der Waals surface area (Å²) in [5.74, 6) is 4.67. The molecule has 2 bridgehead atoms. The molecule has 3 saturated carbocycles. The van der Waals surface area contributed by atoms with Crippen LogP contribution in [0.5, 0.6) is 5.75 Å². The molecule has 0 heterocycles. The van der Waals surface area contributed by atoms with Crippen LogP contribution in [0.15, 0.2) is 24.3 Å². The highest BCUT2D eigenvalue weighted by atomic mass is 16.7. The highest BCUT2D eigenvalue weighted by molar-refractivity contribution is 5.27. The van der Waals surface area contributed by atoms with Crippen molar-refractivity contribution in [3.63, 3.8) is 0 Å². The van der Waals surface area contributed by atoms with Crippen LogP contribution in [0.3, 0.4) is 0 Å². The Balaban J connectivity index is 1.33. The first-order chi connectivity index (χ1) is 10.7. The van der Waals surface area contributed by atoms with E-state index in [4.69, 9.17) is 9.47 Å². The predicted octanol–water partition coefficient (Wildman–Crippen LogP) is 4.82. The highest BCUT2D eigenvalue weighted by Crippen LogP contribution is 2.59. The Bertz CT molecular complexity index is 509. The summed E-state index contributed by atoms with van der Waals surface area (Å²) in [6, 6.07) is 8.41. The molecule has 3 aliphatic carbocycles. The van der Waals surface area contributed by atoms with Crippen molar-refractivity contribution in [3.8, 4) is 5.75 Å². The molecule has 120 valence electrons. The first kappa shape index (κ1) is 14.6. The molecule has 0 aliphatic heterocycles. The van der Waals surface area contributed by atoms with Crippen LogP contribution in [0.4, 0.5) is 0 Å². The summed E-state index contributed by atoms with van der Waals surface area (Å²) in [6.45, 7) is 4.22. The molecular weight excluding hydrogens is 272 g/mol. The largest absolute Gasteiger partial charge is 0.465 e. The predicted molar refractivity (Wildman–Crippen MR) is 87.8 cm³/mol. The average molecular weight is 300 g/mol. The van der Waals surface area contributed by atoms with Crippen LogP contribution in [0.25, 0.3) is 0 Å². The molecule has 22 heavy (non-hydrogen) atoms. The summed E-state index contributed by atoms with van der Waals surface area (Å²) in [5, 5.41) is 0. The van der Waals surface area contributed by atoms with Crippen molar-refractivity contribution in [2.45, 2.75) is 64.8 Å². The first-order valence-corrected chi connectivity index (χ1v) is 9.15. The van der Waals surface area contributed by atoms with Crippen LogP contribution in [0, 0.1) is 23.7 Å². The number of hydrogen-bond acceptors (Lipinski definition) is 2. The number of aryl methyl sites for hydroxylation is 1. The summed E-state index contributed by atoms with van der Waals surface area (Å²) in [4.78, 5) is 0. The number of rotatable bonds is 5. The van der Waals surface area contributed by atoms with Gasteiger partial charge in [-0.3, -0.25) is 0 Å². The van der Waals surface area contributed by atoms with Crippen LogP contribution in [-0.2, 0) is 11.2 Å². The lowest BCUT2D eigenvalue weighted by Crippen LogP contribution is -2.34. The van der Waals surface area contributed by atoms with E-state index in [1.807, 2.05) is 6.92 Å². The molecule has 6 unspecified atom stereocenters. The minimum atomic E-state index is -0.142. The molecule has 0 N–H and O–H groups in total. The van der Waals surface area contributed by atoms with E-state index >= 15 is 0 Å². The fourth-order valence-electron chi connectivity index (χ4n) is 5.43.